The van der Waals surface area contributed by atoms with Crippen molar-refractivity contribution in [1.29, 1.82) is 0 Å². The van der Waals surface area contributed by atoms with Crippen LogP contribution in [0.1, 0.15) is 36.0 Å². The fraction of sp³-hybridized carbons (Fsp3) is 0.600. The van der Waals surface area contributed by atoms with Crippen LogP contribution in [0.3, 0.4) is 0 Å². The maximum atomic E-state index is 13.4. The van der Waals surface area contributed by atoms with Crippen molar-refractivity contribution in [3.05, 3.63) is 34.6 Å². The van der Waals surface area contributed by atoms with Gasteiger partial charge in [-0.2, -0.15) is 0 Å². The zero-order valence-corrected chi connectivity index (χ0v) is 16.6. The van der Waals surface area contributed by atoms with Gasteiger partial charge in [-0.3, -0.25) is 9.59 Å². The summed E-state index contributed by atoms with van der Waals surface area (Å²) in [6.45, 7) is 2.28. The van der Waals surface area contributed by atoms with E-state index in [9.17, 15) is 14.0 Å². The van der Waals surface area contributed by atoms with E-state index in [0.717, 1.165) is 25.8 Å². The Morgan fingerprint density at radius 1 is 1.33 bits per heavy atom. The SMILES string of the molecule is CN(C)C(=O)CCC[C@H]1NCC2CC1CN(C(=O)c1ccc(F)c(Cl)c1)C2. The third-order valence-corrected chi connectivity index (χ3v) is 5.96. The fourth-order valence-electron chi connectivity index (χ4n) is 4.18. The van der Waals surface area contributed by atoms with Gasteiger partial charge in [0, 0.05) is 45.2 Å². The van der Waals surface area contributed by atoms with E-state index in [1.54, 1.807) is 19.0 Å². The Labute approximate surface area is 164 Å². The minimum absolute atomic E-state index is 0.0249. The normalized spacial score (nSPS) is 24.6. The van der Waals surface area contributed by atoms with E-state index in [1.165, 1.54) is 18.2 Å². The van der Waals surface area contributed by atoms with Gasteiger partial charge in [0.15, 0.2) is 0 Å². The summed E-state index contributed by atoms with van der Waals surface area (Å²) in [6, 6.07) is 4.47. The summed E-state index contributed by atoms with van der Waals surface area (Å²) >= 11 is 5.83. The van der Waals surface area contributed by atoms with Crippen molar-refractivity contribution >= 4 is 23.4 Å². The van der Waals surface area contributed by atoms with E-state index in [-0.39, 0.29) is 16.8 Å². The quantitative estimate of drug-likeness (QED) is 0.834. The van der Waals surface area contributed by atoms with E-state index in [0.29, 0.717) is 43.0 Å². The number of carbonyl (C=O) groups excluding carboxylic acids is 2. The van der Waals surface area contributed by atoms with Crippen molar-refractivity contribution in [2.75, 3.05) is 33.7 Å². The Morgan fingerprint density at radius 3 is 2.81 bits per heavy atom. The standard InChI is InChI=1S/C20H27ClFN3O2/c1-24(2)19(26)5-3-4-18-15-8-13(10-23-18)11-25(12-15)20(27)14-6-7-17(22)16(21)9-14/h6-7,9,13,15,18,23H,3-5,8,10-12H2,1-2H3/t13?,15?,18-/m1/s1. The molecule has 3 rings (SSSR count). The minimum Gasteiger partial charge on any atom is -0.349 e. The first-order chi connectivity index (χ1) is 12.8. The van der Waals surface area contributed by atoms with Crippen LogP contribution in [-0.2, 0) is 4.79 Å². The molecule has 0 radical (unpaired) electrons. The number of hydrogen-bond donors (Lipinski definition) is 1. The molecule has 0 saturated carbocycles. The van der Waals surface area contributed by atoms with Crippen molar-refractivity contribution in [3.63, 3.8) is 0 Å². The van der Waals surface area contributed by atoms with Crippen LogP contribution in [0.2, 0.25) is 5.02 Å². The van der Waals surface area contributed by atoms with Gasteiger partial charge in [-0.15, -0.1) is 0 Å². The predicted molar refractivity (Wildman–Crippen MR) is 103 cm³/mol. The molecular weight excluding hydrogens is 369 g/mol. The van der Waals surface area contributed by atoms with Crippen molar-refractivity contribution in [3.8, 4) is 0 Å². The Hall–Kier alpha value is -1.66. The van der Waals surface area contributed by atoms with Crippen molar-refractivity contribution in [1.82, 2.24) is 15.1 Å². The summed E-state index contributed by atoms with van der Waals surface area (Å²) in [7, 11) is 3.55. The molecule has 2 aliphatic heterocycles. The first-order valence-electron chi connectivity index (χ1n) is 9.53. The molecule has 2 heterocycles. The summed E-state index contributed by atoms with van der Waals surface area (Å²) in [6.07, 6.45) is 3.43. The van der Waals surface area contributed by atoms with E-state index >= 15 is 0 Å². The highest BCUT2D eigenvalue weighted by Gasteiger charge is 2.38. The average Bonchev–Trinajstić information content (AvgIpc) is 2.64. The van der Waals surface area contributed by atoms with Gasteiger partial charge in [0.1, 0.15) is 5.82 Å². The number of halogens is 2. The molecule has 2 aliphatic rings. The topological polar surface area (TPSA) is 52.7 Å². The van der Waals surface area contributed by atoms with Crippen LogP contribution in [-0.4, -0.2) is 61.4 Å². The van der Waals surface area contributed by atoms with Gasteiger partial charge in [-0.1, -0.05) is 11.6 Å². The molecular formula is C20H27ClFN3O2. The van der Waals surface area contributed by atoms with Gasteiger partial charge < -0.3 is 15.1 Å². The number of amides is 2. The van der Waals surface area contributed by atoms with Crippen LogP contribution in [0.5, 0.6) is 0 Å². The van der Waals surface area contributed by atoms with E-state index in [1.807, 2.05) is 4.90 Å². The summed E-state index contributed by atoms with van der Waals surface area (Å²) in [5.41, 5.74) is 0.433. The maximum absolute atomic E-state index is 13.4. The molecule has 7 heteroatoms. The number of fused-ring (bicyclic) bond motifs is 2. The molecule has 1 aromatic rings. The smallest absolute Gasteiger partial charge is 0.253 e. The molecule has 0 aromatic heterocycles. The van der Waals surface area contributed by atoms with Gasteiger partial charge >= 0.3 is 0 Å². The molecule has 0 spiro atoms. The zero-order chi connectivity index (χ0) is 19.6. The molecule has 5 nitrogen and oxygen atoms in total. The number of piperidine rings is 2. The Kier molecular flexibility index (Phi) is 6.37. The maximum Gasteiger partial charge on any atom is 0.253 e. The Balaban J connectivity index is 1.60. The number of rotatable bonds is 5. The van der Waals surface area contributed by atoms with Crippen LogP contribution in [0.25, 0.3) is 0 Å². The largest absolute Gasteiger partial charge is 0.349 e. The van der Waals surface area contributed by atoms with Gasteiger partial charge in [-0.05, 0) is 55.8 Å². The zero-order valence-electron chi connectivity index (χ0n) is 15.9. The summed E-state index contributed by atoms with van der Waals surface area (Å²) in [5.74, 6) is 0.364. The van der Waals surface area contributed by atoms with Gasteiger partial charge in [0.25, 0.3) is 5.91 Å². The molecule has 2 fully saturated rings. The fourth-order valence-corrected chi connectivity index (χ4v) is 4.36. The summed E-state index contributed by atoms with van der Waals surface area (Å²) < 4.78 is 13.4. The highest BCUT2D eigenvalue weighted by Crippen LogP contribution is 2.31. The third kappa shape index (κ3) is 4.79. The molecule has 1 N–H and O–H groups in total. The van der Waals surface area contributed by atoms with Gasteiger partial charge in [0.05, 0.1) is 5.02 Å². The van der Waals surface area contributed by atoms with Crippen molar-refractivity contribution in [2.24, 2.45) is 11.8 Å². The molecule has 27 heavy (non-hydrogen) atoms. The van der Waals surface area contributed by atoms with Crippen LogP contribution < -0.4 is 5.32 Å². The average molecular weight is 396 g/mol. The molecule has 2 bridgehead atoms. The third-order valence-electron chi connectivity index (χ3n) is 5.67. The van der Waals surface area contributed by atoms with Crippen LogP contribution in [0.15, 0.2) is 18.2 Å². The molecule has 0 aliphatic carbocycles. The lowest BCUT2D eigenvalue weighted by Gasteiger charge is -2.46. The highest BCUT2D eigenvalue weighted by atomic mass is 35.5. The lowest BCUT2D eigenvalue weighted by Crippen LogP contribution is -2.57. The lowest BCUT2D eigenvalue weighted by atomic mass is 9.79. The predicted octanol–water partition coefficient (Wildman–Crippen LogP) is 2.79. The molecule has 2 amide bonds. The highest BCUT2D eigenvalue weighted by molar-refractivity contribution is 6.31. The second-order valence-corrected chi connectivity index (χ2v) is 8.30. The lowest BCUT2D eigenvalue weighted by molar-refractivity contribution is -0.128. The van der Waals surface area contributed by atoms with E-state index in [4.69, 9.17) is 11.6 Å². The van der Waals surface area contributed by atoms with E-state index in [2.05, 4.69) is 5.32 Å². The molecule has 3 atom stereocenters. The minimum atomic E-state index is -0.514. The van der Waals surface area contributed by atoms with Gasteiger partial charge in [-0.25, -0.2) is 4.39 Å². The monoisotopic (exact) mass is 395 g/mol. The van der Waals surface area contributed by atoms with Gasteiger partial charge in [0.2, 0.25) is 5.91 Å². The van der Waals surface area contributed by atoms with Crippen LogP contribution >= 0.6 is 11.6 Å². The number of nitrogens with one attached hydrogen (secondary N) is 1. The number of hydrogen-bond acceptors (Lipinski definition) is 3. The number of likely N-dealkylation sites (tertiary alicyclic amines) is 1. The van der Waals surface area contributed by atoms with E-state index < -0.39 is 5.82 Å². The summed E-state index contributed by atoms with van der Waals surface area (Å²) in [5, 5.41) is 3.58. The number of carbonyl (C=O) groups is 2. The van der Waals surface area contributed by atoms with Crippen molar-refractivity contribution in [2.45, 2.75) is 31.7 Å². The molecule has 148 valence electrons. The van der Waals surface area contributed by atoms with Crippen molar-refractivity contribution < 1.29 is 14.0 Å². The summed E-state index contributed by atoms with van der Waals surface area (Å²) in [4.78, 5) is 28.1. The molecule has 2 unspecified atom stereocenters. The number of benzene rings is 1. The molecule has 1 aromatic carbocycles. The second kappa shape index (κ2) is 8.57. The Morgan fingerprint density at radius 2 is 2.11 bits per heavy atom. The van der Waals surface area contributed by atoms with Crippen LogP contribution in [0.4, 0.5) is 4.39 Å². The van der Waals surface area contributed by atoms with Crippen LogP contribution in [0, 0.1) is 17.7 Å². The molecule has 2 saturated heterocycles. The Bertz CT molecular complexity index is 712. The second-order valence-electron chi connectivity index (χ2n) is 7.90. The first kappa shape index (κ1) is 20.1. The first-order valence-corrected chi connectivity index (χ1v) is 9.90. The number of nitrogens with zero attached hydrogens (tertiary/aromatic N) is 2.